The molecule has 1 atom stereocenters. The average molecular weight is 180 g/mol. The van der Waals surface area contributed by atoms with Gasteiger partial charge in [0, 0.05) is 11.6 Å². The Morgan fingerprint density at radius 1 is 1.50 bits per heavy atom. The number of pyridine rings is 1. The maximum atomic E-state index is 5.16. The van der Waals surface area contributed by atoms with E-state index in [-0.39, 0.29) is 0 Å². The maximum Gasteiger partial charge on any atom is 0.146 e. The molecule has 4 heteroatoms. The van der Waals surface area contributed by atoms with E-state index in [0.717, 1.165) is 16.7 Å². The van der Waals surface area contributed by atoms with Crippen LogP contribution in [0, 0.1) is 0 Å². The Morgan fingerprint density at radius 3 is 3.08 bits per heavy atom. The summed E-state index contributed by atoms with van der Waals surface area (Å²) in [6, 6.07) is 2.00. The predicted octanol–water partition coefficient (Wildman–Crippen LogP) is 1.68. The van der Waals surface area contributed by atoms with Crippen LogP contribution in [-0.2, 0) is 0 Å². The molecule has 0 aliphatic carbocycles. The molecule has 62 valence electrons. The first-order valence-corrected chi connectivity index (χ1v) is 4.08. The topological polar surface area (TPSA) is 27.1 Å². The highest BCUT2D eigenvalue weighted by Crippen LogP contribution is 2.25. The van der Waals surface area contributed by atoms with Gasteiger partial charge < -0.3 is 9.07 Å². The largest absolute Gasteiger partial charge is 0.494 e. The highest BCUT2D eigenvalue weighted by molar-refractivity contribution is 7.14. The fourth-order valence-electron chi connectivity index (χ4n) is 1.21. The van der Waals surface area contributed by atoms with Crippen LogP contribution < -0.4 is 4.74 Å². The molecule has 0 aliphatic rings. The van der Waals surface area contributed by atoms with Crippen molar-refractivity contribution in [3.8, 4) is 5.75 Å². The highest BCUT2D eigenvalue weighted by Gasteiger charge is 2.02. The van der Waals surface area contributed by atoms with Gasteiger partial charge >= 0.3 is 0 Å². The fraction of sp³-hybridized carbons (Fsp3) is 0.125. The van der Waals surface area contributed by atoms with Crippen molar-refractivity contribution >= 4 is 20.3 Å². The van der Waals surface area contributed by atoms with E-state index >= 15 is 0 Å². The zero-order valence-electron chi connectivity index (χ0n) is 6.69. The van der Waals surface area contributed by atoms with Gasteiger partial charge in [0.2, 0.25) is 0 Å². The predicted molar refractivity (Wildman–Crippen MR) is 51.4 cm³/mol. The Balaban J connectivity index is 2.81. The normalized spacial score (nSPS) is 10.5. The van der Waals surface area contributed by atoms with Crippen LogP contribution in [0.3, 0.4) is 0 Å². The van der Waals surface area contributed by atoms with Gasteiger partial charge in [-0.2, -0.15) is 0 Å². The van der Waals surface area contributed by atoms with Crippen LogP contribution in [0.25, 0.3) is 10.9 Å². The molecule has 2 rings (SSSR count). The zero-order valence-corrected chi connectivity index (χ0v) is 7.84. The molecule has 12 heavy (non-hydrogen) atoms. The van der Waals surface area contributed by atoms with Crippen molar-refractivity contribution < 1.29 is 4.74 Å². The zero-order chi connectivity index (χ0) is 8.55. The smallest absolute Gasteiger partial charge is 0.146 e. The molecule has 0 bridgehead atoms. The maximum absolute atomic E-state index is 5.16. The van der Waals surface area contributed by atoms with Crippen LogP contribution in [0.15, 0.2) is 24.7 Å². The second-order valence-electron chi connectivity index (χ2n) is 2.50. The number of aromatic nitrogens is 2. The average Bonchev–Trinajstić information content (AvgIpc) is 2.48. The van der Waals surface area contributed by atoms with Crippen molar-refractivity contribution in [1.29, 1.82) is 0 Å². The molecule has 0 amide bonds. The summed E-state index contributed by atoms with van der Waals surface area (Å²) in [7, 11) is 4.24. The number of hydrogen-bond acceptors (Lipinski definition) is 2. The molecule has 0 saturated carbocycles. The summed E-state index contributed by atoms with van der Waals surface area (Å²) in [6.07, 6.45) is 5.48. The number of rotatable bonds is 1. The summed E-state index contributed by atoms with van der Waals surface area (Å²) in [5.74, 6) is 0.814. The van der Waals surface area contributed by atoms with Gasteiger partial charge in [-0.15, -0.1) is 0 Å². The Bertz CT molecular complexity index is 410. The molecule has 2 heterocycles. The fourth-order valence-corrected chi connectivity index (χ4v) is 1.50. The van der Waals surface area contributed by atoms with Gasteiger partial charge in [0.1, 0.15) is 5.75 Å². The molecule has 0 aliphatic heterocycles. The quantitative estimate of drug-likeness (QED) is 0.624. The molecule has 3 nitrogen and oxygen atoms in total. The number of hydrogen-bond donors (Lipinski definition) is 0. The van der Waals surface area contributed by atoms with E-state index in [1.807, 2.05) is 22.8 Å². The molecule has 0 saturated heterocycles. The summed E-state index contributed by atoms with van der Waals surface area (Å²) < 4.78 is 7.09. The van der Waals surface area contributed by atoms with E-state index in [0.29, 0.717) is 0 Å². The number of nitrogens with zero attached hydrogens (tertiary/aromatic N) is 2. The molecule has 2 aromatic heterocycles. The van der Waals surface area contributed by atoms with Crippen LogP contribution in [0.1, 0.15) is 0 Å². The molecule has 0 N–H and O–H groups in total. The molecule has 1 unspecified atom stereocenters. The second kappa shape index (κ2) is 2.76. The monoisotopic (exact) mass is 180 g/mol. The molecule has 0 spiro atoms. The third kappa shape index (κ3) is 0.978. The van der Waals surface area contributed by atoms with Gasteiger partial charge in [-0.1, -0.05) is 0 Å². The van der Waals surface area contributed by atoms with Gasteiger partial charge in [0.15, 0.2) is 0 Å². The number of ether oxygens (including phenoxy) is 1. The van der Waals surface area contributed by atoms with E-state index in [4.69, 9.17) is 4.74 Å². The van der Waals surface area contributed by atoms with E-state index < -0.39 is 0 Å². The molecular weight excluding hydrogens is 171 g/mol. The number of methoxy groups -OCH3 is 1. The Labute approximate surface area is 72.6 Å². The van der Waals surface area contributed by atoms with E-state index in [1.165, 1.54) is 0 Å². The van der Waals surface area contributed by atoms with Crippen LogP contribution in [0.4, 0.5) is 0 Å². The van der Waals surface area contributed by atoms with Crippen molar-refractivity contribution in [2.75, 3.05) is 7.11 Å². The highest BCUT2D eigenvalue weighted by atomic mass is 31.0. The number of fused-ring (bicyclic) bond motifs is 1. The Kier molecular flexibility index (Phi) is 1.74. The molecular formula is C8H9N2OP. The lowest BCUT2D eigenvalue weighted by molar-refractivity contribution is 0.418. The molecule has 2 aromatic rings. The van der Waals surface area contributed by atoms with Crippen molar-refractivity contribution in [3.63, 3.8) is 0 Å². The summed E-state index contributed by atoms with van der Waals surface area (Å²) in [5.41, 5.74) is 1.05. The lowest BCUT2D eigenvalue weighted by Crippen LogP contribution is -1.85. The molecule has 0 fully saturated rings. The van der Waals surface area contributed by atoms with Crippen molar-refractivity contribution in [2.45, 2.75) is 0 Å². The summed E-state index contributed by atoms with van der Waals surface area (Å²) in [5, 5.41) is 1.09. The minimum Gasteiger partial charge on any atom is -0.494 e. The second-order valence-corrected chi connectivity index (χ2v) is 3.05. The first-order chi connectivity index (χ1) is 5.83. The summed E-state index contributed by atoms with van der Waals surface area (Å²) >= 11 is 0. The van der Waals surface area contributed by atoms with E-state index in [2.05, 4.69) is 14.4 Å². The van der Waals surface area contributed by atoms with Crippen LogP contribution in [0.5, 0.6) is 5.75 Å². The van der Waals surface area contributed by atoms with E-state index in [1.54, 1.807) is 13.3 Å². The lowest BCUT2D eigenvalue weighted by Gasteiger charge is -2.00. The Morgan fingerprint density at radius 2 is 2.33 bits per heavy atom. The third-order valence-electron chi connectivity index (χ3n) is 1.83. The van der Waals surface area contributed by atoms with Crippen LogP contribution in [-0.4, -0.2) is 16.4 Å². The van der Waals surface area contributed by atoms with Gasteiger partial charge in [-0.25, -0.2) is 0 Å². The van der Waals surface area contributed by atoms with Gasteiger partial charge in [-0.3, -0.25) is 4.98 Å². The van der Waals surface area contributed by atoms with Crippen molar-refractivity contribution in [1.82, 2.24) is 9.32 Å². The molecule has 0 aromatic carbocycles. The Hall–Kier alpha value is -1.08. The SMILES string of the molecule is COc1cncc2c1ccn2P. The standard InChI is InChI=1S/C8H9N2OP/c1-11-8-5-9-4-7-6(8)2-3-10(7)12/h2-5H,12H2,1H3. The van der Waals surface area contributed by atoms with E-state index in [9.17, 15) is 0 Å². The minimum atomic E-state index is 0.814. The van der Waals surface area contributed by atoms with Crippen molar-refractivity contribution in [3.05, 3.63) is 24.7 Å². The van der Waals surface area contributed by atoms with Gasteiger partial charge in [0.05, 0.1) is 25.0 Å². The van der Waals surface area contributed by atoms with Gasteiger partial charge in [-0.05, 0) is 15.5 Å². The third-order valence-corrected chi connectivity index (χ3v) is 2.28. The lowest BCUT2D eigenvalue weighted by atomic mass is 10.3. The molecule has 0 radical (unpaired) electrons. The van der Waals surface area contributed by atoms with Gasteiger partial charge in [0.25, 0.3) is 0 Å². The first-order valence-electron chi connectivity index (χ1n) is 3.57. The summed E-state index contributed by atoms with van der Waals surface area (Å²) in [6.45, 7) is 0. The first kappa shape index (κ1) is 7.56. The minimum absolute atomic E-state index is 0.814. The van der Waals surface area contributed by atoms with Crippen molar-refractivity contribution in [2.24, 2.45) is 0 Å². The van der Waals surface area contributed by atoms with Crippen LogP contribution >= 0.6 is 9.39 Å². The summed E-state index contributed by atoms with van der Waals surface area (Å²) in [4.78, 5) is 4.06. The van der Waals surface area contributed by atoms with Crippen LogP contribution in [0.2, 0.25) is 0 Å².